The van der Waals surface area contributed by atoms with Crippen LogP contribution < -0.4 is 9.46 Å². The zero-order valence-electron chi connectivity index (χ0n) is 26.4. The predicted molar refractivity (Wildman–Crippen MR) is 180 cm³/mol. The minimum Gasteiger partial charge on any atom is -0.465 e. The molecule has 11 heteroatoms. The van der Waals surface area contributed by atoms with E-state index in [1.807, 2.05) is 60.7 Å². The fourth-order valence-electron chi connectivity index (χ4n) is 7.26. The molecule has 47 heavy (non-hydrogen) atoms. The number of allylic oxidation sites excluding steroid dienone is 2. The summed E-state index contributed by atoms with van der Waals surface area (Å²) >= 11 is 1.43. The normalized spacial score (nSPS) is 29.3. The van der Waals surface area contributed by atoms with E-state index in [9.17, 15) is 22.8 Å². The highest BCUT2D eigenvalue weighted by Crippen LogP contribution is 2.57. The third-order valence-corrected chi connectivity index (χ3v) is 12.9. The Morgan fingerprint density at radius 2 is 1.81 bits per heavy atom. The van der Waals surface area contributed by atoms with Gasteiger partial charge in [0.25, 0.3) is 5.19 Å². The molecular weight excluding hydrogens is 635 g/mol. The topological polar surface area (TPSA) is 123 Å². The van der Waals surface area contributed by atoms with Crippen molar-refractivity contribution in [3.8, 4) is 5.19 Å². The van der Waals surface area contributed by atoms with Crippen LogP contribution in [0.1, 0.15) is 69.8 Å². The van der Waals surface area contributed by atoms with Gasteiger partial charge in [0, 0.05) is 18.8 Å². The number of nitrogens with one attached hydrogen (secondary N) is 1. The third kappa shape index (κ3) is 7.02. The maximum Gasteiger partial charge on any atom is 0.274 e. The van der Waals surface area contributed by atoms with Crippen LogP contribution in [-0.4, -0.2) is 59.8 Å². The zero-order chi connectivity index (χ0) is 32.6. The van der Waals surface area contributed by atoms with Crippen molar-refractivity contribution in [2.75, 3.05) is 6.54 Å². The van der Waals surface area contributed by atoms with E-state index < -0.39 is 38.7 Å². The van der Waals surface area contributed by atoms with Crippen molar-refractivity contribution in [2.45, 2.75) is 88.0 Å². The van der Waals surface area contributed by atoms with Gasteiger partial charge in [-0.3, -0.25) is 19.1 Å². The molecule has 1 saturated heterocycles. The zero-order valence-corrected chi connectivity index (χ0v) is 28.0. The molecule has 0 unspecified atom stereocenters. The van der Waals surface area contributed by atoms with Gasteiger partial charge in [0.2, 0.25) is 21.8 Å². The van der Waals surface area contributed by atoms with E-state index in [2.05, 4.69) is 15.8 Å². The maximum atomic E-state index is 14.5. The number of Topliss-reactive ketones (excluding diaryl/α,β-unsaturated/α-hetero) is 1. The van der Waals surface area contributed by atoms with Crippen LogP contribution in [0, 0.1) is 17.3 Å². The Bertz CT molecular complexity index is 1750. The number of ketones is 1. The number of nitrogens with zero attached hydrogens (tertiary/aromatic N) is 2. The van der Waals surface area contributed by atoms with Crippen LogP contribution in [0.25, 0.3) is 10.2 Å². The first-order valence-corrected chi connectivity index (χ1v) is 19.2. The fraction of sp³-hybridized carbons (Fsp3) is 0.500. The Hall–Kier alpha value is -3.57. The molecule has 2 aliphatic carbocycles. The van der Waals surface area contributed by atoms with Crippen LogP contribution in [0.3, 0.4) is 0 Å². The summed E-state index contributed by atoms with van der Waals surface area (Å²) < 4.78 is 35.2. The highest BCUT2D eigenvalue weighted by atomic mass is 32.2. The number of carbonyl (C=O) groups excluding carboxylic acids is 3. The summed E-state index contributed by atoms with van der Waals surface area (Å²) in [6.45, 7) is 0.245. The number of hydrogen-bond acceptors (Lipinski definition) is 8. The van der Waals surface area contributed by atoms with Crippen molar-refractivity contribution in [1.82, 2.24) is 14.6 Å². The minimum atomic E-state index is -3.77. The summed E-state index contributed by atoms with van der Waals surface area (Å²) in [6, 6.07) is 17.0. The number of sulfonamides is 1. The van der Waals surface area contributed by atoms with Crippen molar-refractivity contribution >= 4 is 49.2 Å². The molecule has 2 amide bonds. The number of benzene rings is 2. The summed E-state index contributed by atoms with van der Waals surface area (Å²) in [5.41, 5.74) is 0.765. The van der Waals surface area contributed by atoms with E-state index in [0.29, 0.717) is 37.3 Å². The van der Waals surface area contributed by atoms with Crippen molar-refractivity contribution < 1.29 is 27.5 Å². The minimum absolute atomic E-state index is 0.0715. The Labute approximate surface area is 279 Å². The lowest BCUT2D eigenvalue weighted by molar-refractivity contribution is -0.142. The Balaban J connectivity index is 1.18. The highest BCUT2D eigenvalue weighted by Gasteiger charge is 2.61. The number of ether oxygens (including phenoxy) is 1. The van der Waals surface area contributed by atoms with Crippen molar-refractivity contribution in [3.05, 3.63) is 72.3 Å². The first-order chi connectivity index (χ1) is 22.7. The molecule has 1 N–H and O–H groups in total. The number of fused-ring (bicyclic) bond motifs is 3. The van der Waals surface area contributed by atoms with Crippen LogP contribution in [0.15, 0.2) is 66.7 Å². The Kier molecular flexibility index (Phi) is 8.95. The van der Waals surface area contributed by atoms with Crippen molar-refractivity contribution in [3.63, 3.8) is 0 Å². The van der Waals surface area contributed by atoms with Crippen molar-refractivity contribution in [2.24, 2.45) is 17.3 Å². The van der Waals surface area contributed by atoms with E-state index in [1.165, 1.54) is 11.3 Å². The number of rotatable bonds is 7. The molecule has 3 aromatic rings. The number of aromatic nitrogens is 1. The number of amides is 2. The Morgan fingerprint density at radius 1 is 1.02 bits per heavy atom. The van der Waals surface area contributed by atoms with E-state index in [0.717, 1.165) is 41.5 Å². The summed E-state index contributed by atoms with van der Waals surface area (Å²) in [4.78, 5) is 48.8. The molecule has 5 atom stereocenters. The summed E-state index contributed by atoms with van der Waals surface area (Å²) in [6.07, 6.45) is 10.2. The van der Waals surface area contributed by atoms with Gasteiger partial charge in [-0.05, 0) is 68.6 Å². The molecule has 2 saturated carbocycles. The molecule has 9 nitrogen and oxygen atoms in total. The second kappa shape index (κ2) is 13.1. The second-order valence-electron chi connectivity index (χ2n) is 13.7. The van der Waals surface area contributed by atoms with Gasteiger partial charge in [-0.1, -0.05) is 78.8 Å². The van der Waals surface area contributed by atoms with E-state index in [-0.39, 0.29) is 42.9 Å². The van der Waals surface area contributed by atoms with E-state index in [4.69, 9.17) is 4.74 Å². The monoisotopic (exact) mass is 675 g/mol. The molecule has 7 rings (SSSR count). The molecule has 2 aliphatic heterocycles. The number of hydrogen-bond donors (Lipinski definition) is 1. The quantitative estimate of drug-likeness (QED) is 0.324. The van der Waals surface area contributed by atoms with Gasteiger partial charge < -0.3 is 9.64 Å². The molecular formula is C36H41N3O6S2. The van der Waals surface area contributed by atoms with Gasteiger partial charge in [-0.15, -0.1) is 0 Å². The fourth-order valence-corrected chi connectivity index (χ4v) is 9.53. The predicted octanol–water partition coefficient (Wildman–Crippen LogP) is 5.60. The van der Waals surface area contributed by atoms with Crippen LogP contribution in [0.2, 0.25) is 0 Å². The van der Waals surface area contributed by atoms with Crippen molar-refractivity contribution in [1.29, 1.82) is 0 Å². The smallest absolute Gasteiger partial charge is 0.274 e. The van der Waals surface area contributed by atoms with Gasteiger partial charge in [0.1, 0.15) is 6.10 Å². The highest BCUT2D eigenvalue weighted by molar-refractivity contribution is 7.90. The molecule has 0 bridgehead atoms. The molecule has 3 fully saturated rings. The third-order valence-electron chi connectivity index (χ3n) is 10.2. The lowest BCUT2D eigenvalue weighted by Gasteiger charge is -2.29. The van der Waals surface area contributed by atoms with E-state index in [1.54, 1.807) is 4.90 Å². The van der Waals surface area contributed by atoms with Gasteiger partial charge in [0.05, 0.1) is 33.5 Å². The van der Waals surface area contributed by atoms with Crippen LogP contribution >= 0.6 is 11.3 Å². The van der Waals surface area contributed by atoms with Crippen LogP contribution in [0.4, 0.5) is 0 Å². The van der Waals surface area contributed by atoms with Crippen LogP contribution in [-0.2, 0) is 30.8 Å². The van der Waals surface area contributed by atoms with Crippen LogP contribution in [0.5, 0.6) is 5.19 Å². The number of carbonyl (C=O) groups is 3. The number of para-hydroxylation sites is 1. The van der Waals surface area contributed by atoms with Gasteiger partial charge in [-0.25, -0.2) is 13.4 Å². The number of thiazole rings is 1. The average molecular weight is 676 g/mol. The van der Waals surface area contributed by atoms with Gasteiger partial charge >= 0.3 is 0 Å². The van der Waals surface area contributed by atoms with Gasteiger partial charge in [0.15, 0.2) is 5.78 Å². The summed E-state index contributed by atoms with van der Waals surface area (Å²) in [5, 5.41) is -0.0494. The SMILES string of the molecule is O=C1C[C@]2(C(=O)NS(=O)(=O)C3CC3)C[C@H]2/C=C\CCCCC[C@H](Cc2ccccc2)C(=O)N2C[C@H](Oc3nc4ccccc4s3)C[C@@H]12. The molecule has 2 aromatic carbocycles. The Morgan fingerprint density at radius 3 is 2.60 bits per heavy atom. The summed E-state index contributed by atoms with van der Waals surface area (Å²) in [7, 11) is -3.77. The standard InChI is InChI=1S/C36H41N3O6S2/c40-31-22-36(34(42)38-47(43,44)28-17-18-28)21-26(36)14-8-3-1-2-7-13-25(19-24-11-5-4-6-12-24)33(41)39-23-27(20-30(31)39)45-35-37-29-15-9-10-16-32(29)46-35/h4-6,8-12,14-16,25-28,30H,1-3,7,13,17-23H2,(H,38,42)/b14-8-/t25-,26-,27-,30+,36-/m1/s1. The van der Waals surface area contributed by atoms with E-state index >= 15 is 0 Å². The average Bonchev–Trinajstić information content (AvgIpc) is 3.95. The maximum absolute atomic E-state index is 14.5. The molecule has 1 aromatic heterocycles. The molecule has 0 spiro atoms. The lowest BCUT2D eigenvalue weighted by Crippen LogP contribution is -2.46. The first kappa shape index (κ1) is 32.0. The summed E-state index contributed by atoms with van der Waals surface area (Å²) in [5.74, 6) is -1.42. The second-order valence-corrected chi connectivity index (χ2v) is 16.6. The molecule has 4 aliphatic rings. The molecule has 248 valence electrons. The molecule has 3 heterocycles. The molecule has 0 radical (unpaired) electrons. The van der Waals surface area contributed by atoms with Gasteiger partial charge in [-0.2, -0.15) is 0 Å². The first-order valence-electron chi connectivity index (χ1n) is 16.8. The lowest BCUT2D eigenvalue weighted by atomic mass is 9.90. The largest absolute Gasteiger partial charge is 0.465 e.